The Hall–Kier alpha value is -0.0500. The van der Waals surface area contributed by atoms with E-state index >= 15 is 0 Å². The van der Waals surface area contributed by atoms with Crippen LogP contribution in [0.15, 0.2) is 16.8 Å². The highest BCUT2D eigenvalue weighted by atomic mass is 35.5. The van der Waals surface area contributed by atoms with Crippen molar-refractivity contribution in [2.24, 2.45) is 0 Å². The van der Waals surface area contributed by atoms with Gasteiger partial charge in [-0.25, -0.2) is 0 Å². The highest BCUT2D eigenvalue weighted by molar-refractivity contribution is 7.07. The van der Waals surface area contributed by atoms with Crippen molar-refractivity contribution in [3.8, 4) is 0 Å². The fourth-order valence-corrected chi connectivity index (χ4v) is 1.44. The highest BCUT2D eigenvalue weighted by Crippen LogP contribution is 2.16. The lowest BCUT2D eigenvalue weighted by Gasteiger charge is -2.00. The van der Waals surface area contributed by atoms with Gasteiger partial charge in [-0.2, -0.15) is 11.3 Å². The summed E-state index contributed by atoms with van der Waals surface area (Å²) in [7, 11) is 0. The van der Waals surface area contributed by atoms with Crippen LogP contribution < -0.4 is 0 Å². The molecule has 0 aliphatic carbocycles. The molecule has 0 spiro atoms. The van der Waals surface area contributed by atoms with Gasteiger partial charge in [0.2, 0.25) is 0 Å². The van der Waals surface area contributed by atoms with E-state index in [1.807, 2.05) is 16.8 Å². The number of hydrogen-bond donors (Lipinski definition) is 1. The fourth-order valence-electron chi connectivity index (χ4n) is 0.554. The summed E-state index contributed by atoms with van der Waals surface area (Å²) >= 11 is 6.96. The third-order valence-corrected chi connectivity index (χ3v) is 2.07. The van der Waals surface area contributed by atoms with E-state index in [1.165, 1.54) is 0 Å². The Morgan fingerprint density at radius 2 is 2.56 bits per heavy atom. The van der Waals surface area contributed by atoms with Gasteiger partial charge in [-0.3, -0.25) is 0 Å². The first-order valence-corrected chi connectivity index (χ1v) is 4.08. The van der Waals surface area contributed by atoms with Crippen molar-refractivity contribution in [2.45, 2.75) is 6.10 Å². The van der Waals surface area contributed by atoms with Gasteiger partial charge in [0.1, 0.15) is 0 Å². The molecule has 1 aromatic heterocycles. The lowest BCUT2D eigenvalue weighted by molar-refractivity contribution is 0.203. The van der Waals surface area contributed by atoms with Crippen LogP contribution in [-0.4, -0.2) is 11.0 Å². The maximum Gasteiger partial charge on any atom is 0.0933 e. The molecular formula is C6H7ClOS. The molecule has 1 nitrogen and oxygen atoms in total. The summed E-state index contributed by atoms with van der Waals surface area (Å²) in [6.45, 7) is 0. The molecule has 1 heterocycles. The van der Waals surface area contributed by atoms with Gasteiger partial charge in [-0.1, -0.05) is 0 Å². The molecule has 1 unspecified atom stereocenters. The summed E-state index contributed by atoms with van der Waals surface area (Å²) in [4.78, 5) is 0. The summed E-state index contributed by atoms with van der Waals surface area (Å²) in [5.41, 5.74) is 0.912. The second-order valence-corrected chi connectivity index (χ2v) is 2.82. The summed E-state index contributed by atoms with van der Waals surface area (Å²) in [6.07, 6.45) is -0.488. The number of aliphatic hydroxyl groups is 1. The first-order valence-electron chi connectivity index (χ1n) is 2.60. The van der Waals surface area contributed by atoms with Crippen LogP contribution in [0.4, 0.5) is 0 Å². The van der Waals surface area contributed by atoms with Crippen molar-refractivity contribution in [2.75, 3.05) is 5.88 Å². The smallest absolute Gasteiger partial charge is 0.0933 e. The minimum absolute atomic E-state index is 0.275. The van der Waals surface area contributed by atoms with E-state index in [1.54, 1.807) is 11.3 Å². The van der Waals surface area contributed by atoms with Crippen molar-refractivity contribution in [1.82, 2.24) is 0 Å². The van der Waals surface area contributed by atoms with Crippen LogP contribution in [0.2, 0.25) is 0 Å². The van der Waals surface area contributed by atoms with E-state index in [0.717, 1.165) is 5.56 Å². The average Bonchev–Trinajstić information content (AvgIpc) is 2.37. The molecule has 3 heteroatoms. The van der Waals surface area contributed by atoms with E-state index in [-0.39, 0.29) is 5.88 Å². The van der Waals surface area contributed by atoms with Gasteiger partial charge in [0.05, 0.1) is 12.0 Å². The molecule has 0 aliphatic rings. The SMILES string of the molecule is OC(CCl)c1ccsc1. The number of rotatable bonds is 2. The highest BCUT2D eigenvalue weighted by Gasteiger charge is 2.03. The molecule has 0 fully saturated rings. The molecule has 0 saturated carbocycles. The van der Waals surface area contributed by atoms with Crippen molar-refractivity contribution >= 4 is 22.9 Å². The topological polar surface area (TPSA) is 20.2 Å². The van der Waals surface area contributed by atoms with E-state index in [0.29, 0.717) is 0 Å². The molecular weight excluding hydrogens is 156 g/mol. The fraction of sp³-hybridized carbons (Fsp3) is 0.333. The Bertz CT molecular complexity index is 162. The number of aliphatic hydroxyl groups excluding tert-OH is 1. The zero-order valence-corrected chi connectivity index (χ0v) is 6.32. The third kappa shape index (κ3) is 1.68. The van der Waals surface area contributed by atoms with Crippen LogP contribution in [0.1, 0.15) is 11.7 Å². The molecule has 0 radical (unpaired) electrons. The number of alkyl halides is 1. The van der Waals surface area contributed by atoms with Gasteiger partial charge in [0.15, 0.2) is 0 Å². The van der Waals surface area contributed by atoms with E-state index in [2.05, 4.69) is 0 Å². The maximum absolute atomic E-state index is 9.09. The Labute approximate surface area is 62.9 Å². The molecule has 50 valence electrons. The second kappa shape index (κ2) is 3.20. The van der Waals surface area contributed by atoms with Gasteiger partial charge in [0.25, 0.3) is 0 Å². The monoisotopic (exact) mass is 162 g/mol. The zero-order valence-electron chi connectivity index (χ0n) is 4.75. The van der Waals surface area contributed by atoms with E-state index < -0.39 is 6.10 Å². The molecule has 9 heavy (non-hydrogen) atoms. The quantitative estimate of drug-likeness (QED) is 0.660. The van der Waals surface area contributed by atoms with Crippen LogP contribution in [0.3, 0.4) is 0 Å². The van der Waals surface area contributed by atoms with Gasteiger partial charge in [0, 0.05) is 0 Å². The first kappa shape index (κ1) is 7.06. The second-order valence-electron chi connectivity index (χ2n) is 1.73. The minimum Gasteiger partial charge on any atom is -0.387 e. The Morgan fingerprint density at radius 3 is 3.00 bits per heavy atom. The minimum atomic E-state index is -0.488. The molecule has 1 atom stereocenters. The van der Waals surface area contributed by atoms with Crippen LogP contribution >= 0.6 is 22.9 Å². The Morgan fingerprint density at radius 1 is 1.78 bits per heavy atom. The van der Waals surface area contributed by atoms with Crippen molar-refractivity contribution < 1.29 is 5.11 Å². The summed E-state index contributed by atoms with van der Waals surface area (Å²) in [5.74, 6) is 0.275. The average molecular weight is 163 g/mol. The first-order chi connectivity index (χ1) is 4.34. The molecule has 0 aliphatic heterocycles. The predicted molar refractivity (Wildman–Crippen MR) is 40.0 cm³/mol. The van der Waals surface area contributed by atoms with Crippen LogP contribution in [0, 0.1) is 0 Å². The summed E-state index contributed by atoms with van der Waals surface area (Å²) < 4.78 is 0. The largest absolute Gasteiger partial charge is 0.387 e. The predicted octanol–water partition coefficient (Wildman–Crippen LogP) is 2.02. The van der Waals surface area contributed by atoms with Gasteiger partial charge in [-0.15, -0.1) is 11.6 Å². The van der Waals surface area contributed by atoms with Crippen LogP contribution in [0.25, 0.3) is 0 Å². The third-order valence-electron chi connectivity index (χ3n) is 1.07. The van der Waals surface area contributed by atoms with Crippen LogP contribution in [0.5, 0.6) is 0 Å². The Balaban J connectivity index is 2.65. The molecule has 1 aromatic rings. The molecule has 1 N–H and O–H groups in total. The van der Waals surface area contributed by atoms with Crippen molar-refractivity contribution in [1.29, 1.82) is 0 Å². The summed E-state index contributed by atoms with van der Waals surface area (Å²) in [5, 5.41) is 12.9. The zero-order chi connectivity index (χ0) is 6.69. The summed E-state index contributed by atoms with van der Waals surface area (Å²) in [6, 6.07) is 1.87. The number of hydrogen-bond acceptors (Lipinski definition) is 2. The Kier molecular flexibility index (Phi) is 2.51. The lowest BCUT2D eigenvalue weighted by atomic mass is 10.2. The standard InChI is InChI=1S/C6H7ClOS/c7-3-6(8)5-1-2-9-4-5/h1-2,4,6,8H,3H2. The van der Waals surface area contributed by atoms with Crippen molar-refractivity contribution in [3.05, 3.63) is 22.4 Å². The maximum atomic E-state index is 9.09. The lowest BCUT2D eigenvalue weighted by Crippen LogP contribution is -1.94. The molecule has 0 saturated heterocycles. The number of thiophene rings is 1. The molecule has 1 rings (SSSR count). The van der Waals surface area contributed by atoms with E-state index in [4.69, 9.17) is 16.7 Å². The van der Waals surface area contributed by atoms with Gasteiger partial charge < -0.3 is 5.11 Å². The molecule has 0 bridgehead atoms. The number of halogens is 1. The van der Waals surface area contributed by atoms with Crippen molar-refractivity contribution in [3.63, 3.8) is 0 Å². The van der Waals surface area contributed by atoms with Crippen LogP contribution in [-0.2, 0) is 0 Å². The van der Waals surface area contributed by atoms with Gasteiger partial charge in [-0.05, 0) is 22.4 Å². The normalized spacial score (nSPS) is 13.6. The van der Waals surface area contributed by atoms with E-state index in [9.17, 15) is 0 Å². The molecule has 0 aromatic carbocycles. The van der Waals surface area contributed by atoms with Gasteiger partial charge >= 0.3 is 0 Å². The molecule has 0 amide bonds.